The molecule has 2 aromatic rings. The van der Waals surface area contributed by atoms with E-state index in [-0.39, 0.29) is 15.6 Å². The smallest absolute Gasteiger partial charge is 0.289 e. The lowest BCUT2D eigenvalue weighted by atomic mass is 10.0. The van der Waals surface area contributed by atoms with Crippen LogP contribution in [0.3, 0.4) is 0 Å². The highest BCUT2D eigenvalue weighted by Crippen LogP contribution is 2.29. The van der Waals surface area contributed by atoms with Crippen LogP contribution < -0.4 is 0 Å². The number of benzene rings is 2. The van der Waals surface area contributed by atoms with Crippen LogP contribution in [0.4, 0.5) is 17.6 Å². The van der Waals surface area contributed by atoms with Crippen molar-refractivity contribution in [2.24, 2.45) is 0 Å². The number of hydrogen-bond acceptors (Lipinski definition) is 1. The molecule has 2 aromatic carbocycles. The molecule has 0 aromatic heterocycles. The van der Waals surface area contributed by atoms with E-state index in [9.17, 15) is 22.4 Å². The fourth-order valence-corrected chi connectivity index (χ4v) is 2.17. The van der Waals surface area contributed by atoms with E-state index in [1.54, 1.807) is 0 Å². The number of hydrogen-bond donors (Lipinski definition) is 0. The van der Waals surface area contributed by atoms with E-state index in [1.807, 2.05) is 0 Å². The molecule has 0 amide bonds. The van der Waals surface area contributed by atoms with Gasteiger partial charge in [0.25, 0.3) is 0 Å². The quantitative estimate of drug-likeness (QED) is 0.561. The molecule has 0 unspecified atom stereocenters. The minimum atomic E-state index is -4.45. The predicted octanol–water partition coefficient (Wildman–Crippen LogP) is 4.84. The summed E-state index contributed by atoms with van der Waals surface area (Å²) >= 11 is 3.05. The Kier molecular flexibility index (Phi) is 3.94. The Morgan fingerprint density at radius 1 is 1.00 bits per heavy atom. The summed E-state index contributed by atoms with van der Waals surface area (Å²) in [5.41, 5.74) is -0.538. The Labute approximate surface area is 120 Å². The molecule has 0 bridgehead atoms. The summed E-state index contributed by atoms with van der Waals surface area (Å²) in [6, 6.07) is 7.38. The van der Waals surface area contributed by atoms with Crippen LogP contribution in [-0.2, 0) is 6.18 Å². The van der Waals surface area contributed by atoms with E-state index in [2.05, 4.69) is 15.9 Å². The van der Waals surface area contributed by atoms with Gasteiger partial charge >= 0.3 is 6.18 Å². The van der Waals surface area contributed by atoms with Crippen molar-refractivity contribution in [3.8, 4) is 0 Å². The number of alkyl halides is 3. The average Bonchev–Trinajstić information content (AvgIpc) is 2.37. The number of halogens is 5. The minimum Gasteiger partial charge on any atom is -0.289 e. The molecule has 104 valence electrons. The van der Waals surface area contributed by atoms with E-state index in [4.69, 9.17) is 0 Å². The van der Waals surface area contributed by atoms with Gasteiger partial charge in [0.2, 0.25) is 0 Å². The SMILES string of the molecule is O=C(c1ccc(C(F)(F)F)cc1)c1ccc(F)cc1Br. The lowest BCUT2D eigenvalue weighted by Crippen LogP contribution is -2.07. The molecule has 0 aliphatic rings. The molecule has 0 fully saturated rings. The highest BCUT2D eigenvalue weighted by molar-refractivity contribution is 9.10. The van der Waals surface area contributed by atoms with Gasteiger partial charge in [0.05, 0.1) is 5.56 Å². The molecule has 0 N–H and O–H groups in total. The summed E-state index contributed by atoms with van der Waals surface area (Å²) in [5, 5.41) is 0. The zero-order chi connectivity index (χ0) is 14.9. The van der Waals surface area contributed by atoms with Gasteiger partial charge in [-0.3, -0.25) is 4.79 Å². The van der Waals surface area contributed by atoms with Crippen molar-refractivity contribution in [2.45, 2.75) is 6.18 Å². The zero-order valence-corrected chi connectivity index (χ0v) is 11.4. The van der Waals surface area contributed by atoms with Gasteiger partial charge < -0.3 is 0 Å². The Morgan fingerprint density at radius 3 is 2.10 bits per heavy atom. The second-order valence-electron chi connectivity index (χ2n) is 4.03. The van der Waals surface area contributed by atoms with Crippen LogP contribution in [0.15, 0.2) is 46.9 Å². The van der Waals surface area contributed by atoms with E-state index >= 15 is 0 Å². The topological polar surface area (TPSA) is 17.1 Å². The predicted molar refractivity (Wildman–Crippen MR) is 69.0 cm³/mol. The van der Waals surface area contributed by atoms with Crippen molar-refractivity contribution >= 4 is 21.7 Å². The third kappa shape index (κ3) is 3.07. The van der Waals surface area contributed by atoms with Crippen molar-refractivity contribution in [1.29, 1.82) is 0 Å². The Bertz CT molecular complexity index is 647. The first kappa shape index (κ1) is 14.7. The number of carbonyl (C=O) groups excluding carboxylic acids is 1. The van der Waals surface area contributed by atoms with Crippen molar-refractivity contribution in [2.75, 3.05) is 0 Å². The number of ketones is 1. The maximum Gasteiger partial charge on any atom is 0.416 e. The maximum atomic E-state index is 12.9. The first-order valence-corrected chi connectivity index (χ1v) is 6.25. The van der Waals surface area contributed by atoms with Gasteiger partial charge in [-0.15, -0.1) is 0 Å². The number of rotatable bonds is 2. The molecule has 1 nitrogen and oxygen atoms in total. The van der Waals surface area contributed by atoms with E-state index in [1.165, 1.54) is 6.07 Å². The van der Waals surface area contributed by atoms with Crippen molar-refractivity contribution < 1.29 is 22.4 Å². The molecule has 20 heavy (non-hydrogen) atoms. The van der Waals surface area contributed by atoms with Crippen LogP contribution in [0.2, 0.25) is 0 Å². The van der Waals surface area contributed by atoms with Crippen LogP contribution in [-0.4, -0.2) is 5.78 Å². The van der Waals surface area contributed by atoms with Gasteiger partial charge in [-0.2, -0.15) is 13.2 Å². The fourth-order valence-electron chi connectivity index (χ4n) is 1.64. The van der Waals surface area contributed by atoms with Crippen LogP contribution in [0.5, 0.6) is 0 Å². The highest BCUT2D eigenvalue weighted by atomic mass is 79.9. The van der Waals surface area contributed by atoms with Crippen molar-refractivity contribution in [3.05, 3.63) is 69.4 Å². The molecule has 2 rings (SSSR count). The van der Waals surface area contributed by atoms with Gasteiger partial charge in [-0.05, 0) is 46.3 Å². The van der Waals surface area contributed by atoms with Gasteiger partial charge in [0, 0.05) is 15.6 Å². The molecule has 6 heteroatoms. The molecule has 0 atom stereocenters. The van der Waals surface area contributed by atoms with Gasteiger partial charge in [-0.25, -0.2) is 4.39 Å². The molecule has 0 aliphatic heterocycles. The second-order valence-corrected chi connectivity index (χ2v) is 4.88. The van der Waals surface area contributed by atoms with Crippen LogP contribution in [0.25, 0.3) is 0 Å². The van der Waals surface area contributed by atoms with Crippen molar-refractivity contribution in [1.82, 2.24) is 0 Å². The minimum absolute atomic E-state index is 0.102. The van der Waals surface area contributed by atoms with Crippen LogP contribution in [0.1, 0.15) is 21.5 Å². The normalized spacial score (nSPS) is 11.4. The Morgan fingerprint density at radius 2 is 1.60 bits per heavy atom. The van der Waals surface area contributed by atoms with Crippen molar-refractivity contribution in [3.63, 3.8) is 0 Å². The van der Waals surface area contributed by atoms with Crippen LogP contribution >= 0.6 is 15.9 Å². The molecule has 0 radical (unpaired) electrons. The molecular weight excluding hydrogens is 340 g/mol. The van der Waals surface area contributed by atoms with E-state index in [0.717, 1.165) is 36.4 Å². The molecular formula is C14H7BrF4O. The van der Waals surface area contributed by atoms with Gasteiger partial charge in [0.1, 0.15) is 5.82 Å². The first-order valence-electron chi connectivity index (χ1n) is 5.46. The van der Waals surface area contributed by atoms with E-state index in [0.29, 0.717) is 0 Å². The Balaban J connectivity index is 2.34. The molecule has 0 heterocycles. The van der Waals surface area contributed by atoms with Gasteiger partial charge in [-0.1, -0.05) is 12.1 Å². The third-order valence-corrected chi connectivity index (χ3v) is 3.31. The number of carbonyl (C=O) groups is 1. The molecule has 0 saturated heterocycles. The fraction of sp³-hybridized carbons (Fsp3) is 0.0714. The monoisotopic (exact) mass is 346 g/mol. The summed E-state index contributed by atoms with van der Waals surface area (Å²) in [5.74, 6) is -0.994. The molecule has 0 saturated carbocycles. The maximum absolute atomic E-state index is 12.9. The van der Waals surface area contributed by atoms with E-state index < -0.39 is 23.3 Å². The standard InChI is InChI=1S/C14H7BrF4O/c15-12-7-10(16)5-6-11(12)13(20)8-1-3-9(4-2-8)14(17,18)19/h1-7H. The summed E-state index contributed by atoms with van der Waals surface area (Å²) in [6.45, 7) is 0. The summed E-state index contributed by atoms with van der Waals surface area (Å²) in [6.07, 6.45) is -4.45. The molecule has 0 aliphatic carbocycles. The first-order chi connectivity index (χ1) is 9.29. The summed E-state index contributed by atoms with van der Waals surface area (Å²) in [7, 11) is 0. The Hall–Kier alpha value is -1.69. The molecule has 0 spiro atoms. The summed E-state index contributed by atoms with van der Waals surface area (Å²) in [4.78, 5) is 12.1. The average molecular weight is 347 g/mol. The van der Waals surface area contributed by atoms with Crippen LogP contribution in [0, 0.1) is 5.82 Å². The highest BCUT2D eigenvalue weighted by Gasteiger charge is 2.30. The zero-order valence-electron chi connectivity index (χ0n) is 9.84. The second kappa shape index (κ2) is 5.36. The third-order valence-electron chi connectivity index (χ3n) is 2.65. The largest absolute Gasteiger partial charge is 0.416 e. The lowest BCUT2D eigenvalue weighted by Gasteiger charge is -2.08. The lowest BCUT2D eigenvalue weighted by molar-refractivity contribution is -0.137. The van der Waals surface area contributed by atoms with Gasteiger partial charge in [0.15, 0.2) is 5.78 Å². The summed E-state index contributed by atoms with van der Waals surface area (Å²) < 4.78 is 50.4.